The van der Waals surface area contributed by atoms with Crippen LogP contribution in [0.5, 0.6) is 0 Å². The number of nitro groups is 1. The summed E-state index contributed by atoms with van der Waals surface area (Å²) in [7, 11) is 0. The molecule has 1 N–H and O–H groups in total. The van der Waals surface area contributed by atoms with Gasteiger partial charge < -0.3 is 4.98 Å². The molecule has 0 aliphatic heterocycles. The molecular weight excluding hydrogens is 275 g/mol. The molecule has 0 unspecified atom stereocenters. The molecule has 0 aliphatic carbocycles. The Labute approximate surface area is 118 Å². The van der Waals surface area contributed by atoms with E-state index in [4.69, 9.17) is 0 Å². The van der Waals surface area contributed by atoms with E-state index in [1.54, 1.807) is 18.2 Å². The van der Waals surface area contributed by atoms with E-state index in [2.05, 4.69) is 4.98 Å². The van der Waals surface area contributed by atoms with Crippen molar-refractivity contribution >= 4 is 22.9 Å². The molecule has 0 amide bonds. The van der Waals surface area contributed by atoms with Gasteiger partial charge in [0, 0.05) is 28.6 Å². The third-order valence-electron chi connectivity index (χ3n) is 3.29. The summed E-state index contributed by atoms with van der Waals surface area (Å²) >= 11 is 0. The van der Waals surface area contributed by atoms with Crippen molar-refractivity contribution in [1.82, 2.24) is 4.98 Å². The van der Waals surface area contributed by atoms with E-state index in [0.717, 1.165) is 0 Å². The number of fused-ring (bicyclic) bond motifs is 1. The highest BCUT2D eigenvalue weighted by Crippen LogP contribution is 2.30. The number of nitrogens with zero attached hydrogens (tertiary/aromatic N) is 1. The number of nitrogens with one attached hydrogen (secondary N) is 1. The average molecular weight is 284 g/mol. The molecule has 104 valence electrons. The van der Waals surface area contributed by atoms with E-state index in [9.17, 15) is 19.3 Å². The first-order chi connectivity index (χ1) is 10.1. The first-order valence-electron chi connectivity index (χ1n) is 6.11. The molecule has 0 aliphatic rings. The summed E-state index contributed by atoms with van der Waals surface area (Å²) in [6.07, 6.45) is 0.648. The lowest BCUT2D eigenvalue weighted by molar-refractivity contribution is -0.384. The highest BCUT2D eigenvalue weighted by molar-refractivity contribution is 6.04. The van der Waals surface area contributed by atoms with Gasteiger partial charge in [0.2, 0.25) is 0 Å². The van der Waals surface area contributed by atoms with Crippen LogP contribution in [0.1, 0.15) is 10.4 Å². The fourth-order valence-electron chi connectivity index (χ4n) is 2.28. The van der Waals surface area contributed by atoms with Gasteiger partial charge in [0.15, 0.2) is 6.29 Å². The topological polar surface area (TPSA) is 76.0 Å². The Morgan fingerprint density at radius 3 is 2.48 bits per heavy atom. The maximum atomic E-state index is 13.3. The van der Waals surface area contributed by atoms with E-state index >= 15 is 0 Å². The number of aromatic amines is 1. The summed E-state index contributed by atoms with van der Waals surface area (Å²) in [5.74, 6) is -0.431. The molecule has 1 aromatic heterocycles. The number of carbonyl (C=O) groups is 1. The molecule has 5 nitrogen and oxygen atoms in total. The van der Waals surface area contributed by atoms with E-state index in [1.165, 1.54) is 24.3 Å². The Morgan fingerprint density at radius 2 is 1.86 bits per heavy atom. The second-order valence-electron chi connectivity index (χ2n) is 4.53. The van der Waals surface area contributed by atoms with Crippen LogP contribution in [0.2, 0.25) is 0 Å². The van der Waals surface area contributed by atoms with Gasteiger partial charge in [-0.25, -0.2) is 4.39 Å². The van der Waals surface area contributed by atoms with Crippen molar-refractivity contribution in [3.05, 3.63) is 64.0 Å². The van der Waals surface area contributed by atoms with Crippen molar-refractivity contribution in [2.24, 2.45) is 0 Å². The molecule has 0 atom stereocenters. The van der Waals surface area contributed by atoms with Crippen LogP contribution in [-0.4, -0.2) is 16.2 Å². The van der Waals surface area contributed by atoms with Crippen LogP contribution in [0.25, 0.3) is 22.2 Å². The molecule has 0 fully saturated rings. The lowest BCUT2D eigenvalue weighted by Gasteiger charge is -1.99. The smallest absolute Gasteiger partial charge is 0.269 e. The largest absolute Gasteiger partial charge is 0.354 e. The Balaban J connectivity index is 2.19. The first kappa shape index (κ1) is 13.0. The third kappa shape index (κ3) is 2.16. The van der Waals surface area contributed by atoms with Crippen LogP contribution in [0.4, 0.5) is 10.1 Å². The number of benzene rings is 2. The summed E-state index contributed by atoms with van der Waals surface area (Å²) in [6.45, 7) is 0. The highest BCUT2D eigenvalue weighted by atomic mass is 19.1. The zero-order chi connectivity index (χ0) is 15.0. The SMILES string of the molecule is O=Cc1c(-c2ccc([N+](=O)[O-])cc2)[nH]c2ccc(F)cc12. The molecule has 0 saturated carbocycles. The quantitative estimate of drug-likeness (QED) is 0.452. The highest BCUT2D eigenvalue weighted by Gasteiger charge is 2.14. The number of non-ortho nitro benzene ring substituents is 1. The van der Waals surface area contributed by atoms with Gasteiger partial charge in [-0.3, -0.25) is 14.9 Å². The predicted molar refractivity (Wildman–Crippen MR) is 75.7 cm³/mol. The van der Waals surface area contributed by atoms with Crippen molar-refractivity contribution < 1.29 is 14.1 Å². The van der Waals surface area contributed by atoms with Gasteiger partial charge in [0.25, 0.3) is 5.69 Å². The number of hydrogen-bond acceptors (Lipinski definition) is 3. The maximum absolute atomic E-state index is 13.3. The Bertz CT molecular complexity index is 853. The average Bonchev–Trinajstić information content (AvgIpc) is 2.85. The van der Waals surface area contributed by atoms with Crippen LogP contribution >= 0.6 is 0 Å². The van der Waals surface area contributed by atoms with Crippen LogP contribution in [0.15, 0.2) is 42.5 Å². The van der Waals surface area contributed by atoms with Gasteiger partial charge in [-0.2, -0.15) is 0 Å². The molecule has 3 rings (SSSR count). The Kier molecular flexibility index (Phi) is 2.98. The zero-order valence-corrected chi connectivity index (χ0v) is 10.7. The van der Waals surface area contributed by atoms with Crippen LogP contribution < -0.4 is 0 Å². The number of aldehydes is 1. The fourth-order valence-corrected chi connectivity index (χ4v) is 2.28. The minimum atomic E-state index is -0.495. The van der Waals surface area contributed by atoms with Crippen LogP contribution in [0, 0.1) is 15.9 Å². The molecule has 0 radical (unpaired) electrons. The van der Waals surface area contributed by atoms with Crippen molar-refractivity contribution in [3.63, 3.8) is 0 Å². The van der Waals surface area contributed by atoms with Gasteiger partial charge >= 0.3 is 0 Å². The Morgan fingerprint density at radius 1 is 1.14 bits per heavy atom. The number of nitro benzene ring substituents is 1. The van der Waals surface area contributed by atoms with Crippen LogP contribution in [0.3, 0.4) is 0 Å². The molecule has 2 aromatic carbocycles. The predicted octanol–water partition coefficient (Wildman–Crippen LogP) is 3.69. The van der Waals surface area contributed by atoms with Crippen molar-refractivity contribution in [2.75, 3.05) is 0 Å². The molecule has 1 heterocycles. The molecule has 0 saturated heterocycles. The first-order valence-corrected chi connectivity index (χ1v) is 6.11. The van der Waals surface area contributed by atoms with E-state index < -0.39 is 10.7 Å². The van der Waals surface area contributed by atoms with Gasteiger partial charge in [0.1, 0.15) is 5.82 Å². The van der Waals surface area contributed by atoms with Crippen molar-refractivity contribution in [3.8, 4) is 11.3 Å². The summed E-state index contributed by atoms with van der Waals surface area (Å²) in [5, 5.41) is 11.1. The van der Waals surface area contributed by atoms with Gasteiger partial charge in [-0.05, 0) is 35.9 Å². The summed E-state index contributed by atoms with van der Waals surface area (Å²) in [6, 6.07) is 9.94. The lowest BCUT2D eigenvalue weighted by atomic mass is 10.1. The number of hydrogen-bond donors (Lipinski definition) is 1. The summed E-state index contributed by atoms with van der Waals surface area (Å²) in [5.41, 5.74) is 2.07. The van der Waals surface area contributed by atoms with Gasteiger partial charge in [-0.1, -0.05) is 0 Å². The van der Waals surface area contributed by atoms with E-state index in [1.807, 2.05) is 0 Å². The van der Waals surface area contributed by atoms with E-state index in [0.29, 0.717) is 34.0 Å². The molecule has 6 heteroatoms. The lowest BCUT2D eigenvalue weighted by Crippen LogP contribution is -1.88. The molecule has 0 bridgehead atoms. The molecule has 3 aromatic rings. The molecular formula is C15H9FN2O3. The van der Waals surface area contributed by atoms with Crippen molar-refractivity contribution in [2.45, 2.75) is 0 Å². The minimum absolute atomic E-state index is 0.0337. The fraction of sp³-hybridized carbons (Fsp3) is 0. The van der Waals surface area contributed by atoms with Crippen molar-refractivity contribution in [1.29, 1.82) is 0 Å². The second kappa shape index (κ2) is 4.82. The number of carbonyl (C=O) groups excluding carboxylic acids is 1. The summed E-state index contributed by atoms with van der Waals surface area (Å²) < 4.78 is 13.3. The third-order valence-corrected chi connectivity index (χ3v) is 3.29. The van der Waals surface area contributed by atoms with Gasteiger partial charge in [0.05, 0.1) is 10.6 Å². The van der Waals surface area contributed by atoms with Crippen LogP contribution in [-0.2, 0) is 0 Å². The normalized spacial score (nSPS) is 10.7. The maximum Gasteiger partial charge on any atom is 0.269 e. The second-order valence-corrected chi connectivity index (χ2v) is 4.53. The number of halogens is 1. The number of aromatic nitrogens is 1. The number of H-pyrrole nitrogens is 1. The van der Waals surface area contributed by atoms with Gasteiger partial charge in [-0.15, -0.1) is 0 Å². The summed E-state index contributed by atoms with van der Waals surface area (Å²) in [4.78, 5) is 24.5. The minimum Gasteiger partial charge on any atom is -0.354 e. The van der Waals surface area contributed by atoms with E-state index in [-0.39, 0.29) is 5.69 Å². The standard InChI is InChI=1S/C15H9FN2O3/c16-10-3-6-14-12(7-10)13(8-19)15(17-14)9-1-4-11(5-2-9)18(20)21/h1-8,17H. The number of rotatable bonds is 3. The monoisotopic (exact) mass is 284 g/mol. The molecule has 0 spiro atoms. The Hall–Kier alpha value is -3.02. The zero-order valence-electron chi connectivity index (χ0n) is 10.7. The molecule has 21 heavy (non-hydrogen) atoms.